The Hall–Kier alpha value is -1.02. The van der Waals surface area contributed by atoms with Crippen molar-refractivity contribution in [1.29, 1.82) is 0 Å². The molecule has 0 fully saturated rings. The molecule has 0 atom stereocenters. The Morgan fingerprint density at radius 2 is 2.00 bits per heavy atom. The number of ether oxygens (including phenoxy) is 1. The molecular formula is C13H17ClO2. The highest BCUT2D eigenvalue weighted by Crippen LogP contribution is 2.31. The summed E-state index contributed by atoms with van der Waals surface area (Å²) >= 11 is 6.29. The van der Waals surface area contributed by atoms with Gasteiger partial charge in [0.15, 0.2) is 0 Å². The van der Waals surface area contributed by atoms with Crippen LogP contribution in [0, 0.1) is 0 Å². The van der Waals surface area contributed by atoms with E-state index in [0.29, 0.717) is 5.02 Å². The molecule has 0 radical (unpaired) electrons. The van der Waals surface area contributed by atoms with Crippen molar-refractivity contribution in [2.24, 2.45) is 0 Å². The zero-order valence-corrected chi connectivity index (χ0v) is 10.9. The lowest BCUT2D eigenvalue weighted by Gasteiger charge is -2.22. The fraction of sp³-hybridized carbons (Fsp3) is 0.462. The molecule has 0 heterocycles. The fourth-order valence-electron chi connectivity index (χ4n) is 1.45. The molecule has 1 rings (SSSR count). The number of carbonyl (C=O) groups is 1. The van der Waals surface area contributed by atoms with Gasteiger partial charge in [0, 0.05) is 12.5 Å². The quantitative estimate of drug-likeness (QED) is 0.737. The lowest BCUT2D eigenvalue weighted by molar-refractivity contribution is -0.142. The van der Waals surface area contributed by atoms with Crippen LogP contribution < -0.4 is 0 Å². The van der Waals surface area contributed by atoms with Gasteiger partial charge in [-0.1, -0.05) is 50.6 Å². The van der Waals surface area contributed by atoms with Crippen LogP contribution in [0.3, 0.4) is 0 Å². The van der Waals surface area contributed by atoms with E-state index in [1.807, 2.05) is 18.2 Å². The predicted octanol–water partition coefficient (Wildman–Crippen LogP) is 3.70. The maximum Gasteiger partial charge on any atom is 0.302 e. The van der Waals surface area contributed by atoms with Crippen molar-refractivity contribution in [2.45, 2.75) is 39.7 Å². The summed E-state index contributed by atoms with van der Waals surface area (Å²) < 4.78 is 4.95. The summed E-state index contributed by atoms with van der Waals surface area (Å²) in [4.78, 5) is 10.7. The Labute approximate surface area is 102 Å². The van der Waals surface area contributed by atoms with Crippen LogP contribution in [0.15, 0.2) is 18.2 Å². The standard InChI is InChI=1S/C13H17ClO2/c1-9(15)16-8-10-6-5-7-11(12(10)14)13(2,3)4/h5-7H,8H2,1-4H3. The zero-order chi connectivity index (χ0) is 12.3. The van der Waals surface area contributed by atoms with E-state index < -0.39 is 0 Å². The summed E-state index contributed by atoms with van der Waals surface area (Å²) in [6.07, 6.45) is 0. The number of esters is 1. The minimum atomic E-state index is -0.294. The van der Waals surface area contributed by atoms with Gasteiger partial charge in [0.25, 0.3) is 0 Å². The summed E-state index contributed by atoms with van der Waals surface area (Å²) in [6, 6.07) is 5.81. The fourth-order valence-corrected chi connectivity index (χ4v) is 1.91. The molecule has 16 heavy (non-hydrogen) atoms. The summed E-state index contributed by atoms with van der Waals surface area (Å²) in [7, 11) is 0. The van der Waals surface area contributed by atoms with Gasteiger partial charge in [-0.05, 0) is 11.0 Å². The normalized spacial score (nSPS) is 11.3. The third kappa shape index (κ3) is 3.24. The van der Waals surface area contributed by atoms with Crippen molar-refractivity contribution in [1.82, 2.24) is 0 Å². The van der Waals surface area contributed by atoms with Crippen LogP contribution in [0.25, 0.3) is 0 Å². The van der Waals surface area contributed by atoms with Gasteiger partial charge in [0.05, 0.1) is 5.02 Å². The number of benzene rings is 1. The molecule has 0 N–H and O–H groups in total. The smallest absolute Gasteiger partial charge is 0.302 e. The molecule has 2 nitrogen and oxygen atoms in total. The number of carbonyl (C=O) groups excluding carboxylic acids is 1. The molecule has 0 aliphatic carbocycles. The van der Waals surface area contributed by atoms with Crippen LogP contribution in [0.5, 0.6) is 0 Å². The van der Waals surface area contributed by atoms with E-state index in [4.69, 9.17) is 16.3 Å². The second kappa shape index (κ2) is 4.88. The van der Waals surface area contributed by atoms with E-state index in [-0.39, 0.29) is 18.0 Å². The van der Waals surface area contributed by atoms with Gasteiger partial charge in [-0.2, -0.15) is 0 Å². The topological polar surface area (TPSA) is 26.3 Å². The number of hydrogen-bond acceptors (Lipinski definition) is 2. The summed E-state index contributed by atoms with van der Waals surface area (Å²) in [6.45, 7) is 7.93. The predicted molar refractivity (Wildman–Crippen MR) is 65.6 cm³/mol. The molecule has 0 spiro atoms. The van der Waals surface area contributed by atoms with Crippen molar-refractivity contribution in [3.8, 4) is 0 Å². The van der Waals surface area contributed by atoms with E-state index in [1.54, 1.807) is 0 Å². The Balaban J connectivity index is 3.00. The monoisotopic (exact) mass is 240 g/mol. The van der Waals surface area contributed by atoms with Crippen LogP contribution in [-0.4, -0.2) is 5.97 Å². The van der Waals surface area contributed by atoms with Crippen molar-refractivity contribution in [2.75, 3.05) is 0 Å². The zero-order valence-electron chi connectivity index (χ0n) is 10.1. The molecule has 1 aromatic carbocycles. The van der Waals surface area contributed by atoms with Gasteiger partial charge >= 0.3 is 5.97 Å². The summed E-state index contributed by atoms with van der Waals surface area (Å²) in [5.41, 5.74) is 1.91. The molecule has 0 aliphatic rings. The molecule has 0 amide bonds. The number of halogens is 1. The largest absolute Gasteiger partial charge is 0.461 e. The van der Waals surface area contributed by atoms with E-state index in [0.717, 1.165) is 11.1 Å². The second-order valence-corrected chi connectivity index (χ2v) is 5.19. The van der Waals surface area contributed by atoms with Gasteiger partial charge in [0.1, 0.15) is 6.61 Å². The van der Waals surface area contributed by atoms with E-state index >= 15 is 0 Å². The lowest BCUT2D eigenvalue weighted by atomic mass is 9.86. The van der Waals surface area contributed by atoms with Crippen molar-refractivity contribution in [3.63, 3.8) is 0 Å². The van der Waals surface area contributed by atoms with Crippen molar-refractivity contribution in [3.05, 3.63) is 34.3 Å². The Bertz CT molecular complexity index is 391. The van der Waals surface area contributed by atoms with Crippen LogP contribution in [0.1, 0.15) is 38.8 Å². The molecule has 0 aliphatic heterocycles. The average Bonchev–Trinajstić information content (AvgIpc) is 2.14. The Morgan fingerprint density at radius 3 is 2.50 bits per heavy atom. The molecule has 88 valence electrons. The molecular weight excluding hydrogens is 224 g/mol. The second-order valence-electron chi connectivity index (χ2n) is 4.81. The summed E-state index contributed by atoms with van der Waals surface area (Å²) in [5.74, 6) is -0.294. The molecule has 0 saturated heterocycles. The first-order chi connectivity index (χ1) is 7.32. The highest BCUT2D eigenvalue weighted by molar-refractivity contribution is 6.32. The average molecular weight is 241 g/mol. The maximum absolute atomic E-state index is 10.7. The SMILES string of the molecule is CC(=O)OCc1cccc(C(C)(C)C)c1Cl. The van der Waals surface area contributed by atoms with Gasteiger partial charge in [0.2, 0.25) is 0 Å². The first-order valence-electron chi connectivity index (χ1n) is 5.23. The van der Waals surface area contributed by atoms with E-state index in [2.05, 4.69) is 20.8 Å². The van der Waals surface area contributed by atoms with Crippen LogP contribution in [-0.2, 0) is 21.6 Å². The molecule has 0 bridgehead atoms. The molecule has 0 aromatic heterocycles. The summed E-state index contributed by atoms with van der Waals surface area (Å²) in [5, 5.41) is 0.691. The van der Waals surface area contributed by atoms with Gasteiger partial charge in [-0.15, -0.1) is 0 Å². The number of rotatable bonds is 2. The highest BCUT2D eigenvalue weighted by Gasteiger charge is 2.19. The number of hydrogen-bond donors (Lipinski definition) is 0. The van der Waals surface area contributed by atoms with Gasteiger partial charge < -0.3 is 4.74 Å². The van der Waals surface area contributed by atoms with Crippen molar-refractivity contribution < 1.29 is 9.53 Å². The molecule has 0 saturated carbocycles. The molecule has 3 heteroatoms. The van der Waals surface area contributed by atoms with Gasteiger partial charge in [-0.3, -0.25) is 4.79 Å². The minimum Gasteiger partial charge on any atom is -0.461 e. The van der Waals surface area contributed by atoms with E-state index in [9.17, 15) is 4.79 Å². The van der Waals surface area contributed by atoms with Gasteiger partial charge in [-0.25, -0.2) is 0 Å². The first-order valence-corrected chi connectivity index (χ1v) is 5.61. The first kappa shape index (κ1) is 13.0. The molecule has 0 unspecified atom stereocenters. The third-order valence-electron chi connectivity index (χ3n) is 2.32. The Morgan fingerprint density at radius 1 is 1.38 bits per heavy atom. The highest BCUT2D eigenvalue weighted by atomic mass is 35.5. The minimum absolute atomic E-state index is 0.0106. The van der Waals surface area contributed by atoms with Crippen molar-refractivity contribution >= 4 is 17.6 Å². The van der Waals surface area contributed by atoms with Crippen LogP contribution in [0.2, 0.25) is 5.02 Å². The molecule has 1 aromatic rings. The lowest BCUT2D eigenvalue weighted by Crippen LogP contribution is -2.13. The van der Waals surface area contributed by atoms with E-state index in [1.165, 1.54) is 6.92 Å². The Kier molecular flexibility index (Phi) is 3.98. The maximum atomic E-state index is 10.7. The third-order valence-corrected chi connectivity index (χ3v) is 2.76. The van der Waals surface area contributed by atoms with Crippen LogP contribution >= 0.6 is 11.6 Å². The van der Waals surface area contributed by atoms with Crippen LogP contribution in [0.4, 0.5) is 0 Å².